The quantitative estimate of drug-likeness (QED) is 0.424. The summed E-state index contributed by atoms with van der Waals surface area (Å²) >= 11 is 4.35. The standard InChI is InChI=1S/C7H3I2NO/c8-5-1-6(9)3-7(2-5)10-4-11/h1-3H. The fourth-order valence-corrected chi connectivity index (χ4v) is 2.56. The van der Waals surface area contributed by atoms with E-state index in [2.05, 4.69) is 50.2 Å². The van der Waals surface area contributed by atoms with Crippen LogP contribution in [-0.2, 0) is 4.79 Å². The van der Waals surface area contributed by atoms with Crippen LogP contribution in [0.25, 0.3) is 0 Å². The van der Waals surface area contributed by atoms with Crippen molar-refractivity contribution in [1.29, 1.82) is 0 Å². The normalized spacial score (nSPS) is 8.91. The first-order valence-corrected chi connectivity index (χ1v) is 4.92. The monoisotopic (exact) mass is 371 g/mol. The zero-order valence-corrected chi connectivity index (χ0v) is 9.66. The molecule has 2 nitrogen and oxygen atoms in total. The van der Waals surface area contributed by atoms with E-state index in [0.29, 0.717) is 5.69 Å². The average Bonchev–Trinajstić information content (AvgIpc) is 1.85. The second-order valence-corrected chi connectivity index (χ2v) is 4.32. The van der Waals surface area contributed by atoms with Crippen LogP contribution in [0.5, 0.6) is 0 Å². The van der Waals surface area contributed by atoms with E-state index < -0.39 is 0 Å². The lowest BCUT2D eigenvalue weighted by atomic mass is 10.3. The number of hydrogen-bond acceptors (Lipinski definition) is 2. The summed E-state index contributed by atoms with van der Waals surface area (Å²) in [7, 11) is 0. The molecule has 0 atom stereocenters. The molecule has 4 heteroatoms. The Balaban J connectivity index is 3.18. The highest BCUT2D eigenvalue weighted by atomic mass is 127. The smallest absolute Gasteiger partial charge is 0.211 e. The number of halogens is 2. The molecule has 0 unspecified atom stereocenters. The lowest BCUT2D eigenvalue weighted by Gasteiger charge is -1.93. The van der Waals surface area contributed by atoms with Gasteiger partial charge in [0, 0.05) is 7.14 Å². The molecular weight excluding hydrogens is 368 g/mol. The van der Waals surface area contributed by atoms with Crippen molar-refractivity contribution in [2.75, 3.05) is 0 Å². The van der Waals surface area contributed by atoms with Gasteiger partial charge in [0.05, 0.1) is 5.69 Å². The summed E-state index contributed by atoms with van der Waals surface area (Å²) in [5.41, 5.74) is 0.663. The Kier molecular flexibility index (Phi) is 3.47. The molecule has 0 spiro atoms. The molecule has 0 aromatic heterocycles. The Morgan fingerprint density at radius 1 is 1.18 bits per heavy atom. The fourth-order valence-electron chi connectivity index (χ4n) is 0.657. The zero-order chi connectivity index (χ0) is 8.27. The summed E-state index contributed by atoms with van der Waals surface area (Å²) in [5, 5.41) is 0. The molecule has 0 N–H and O–H groups in total. The predicted octanol–water partition coefficient (Wildman–Crippen LogP) is 2.86. The van der Waals surface area contributed by atoms with E-state index in [1.165, 1.54) is 6.08 Å². The van der Waals surface area contributed by atoms with Crippen LogP contribution >= 0.6 is 45.2 Å². The first-order valence-electron chi connectivity index (χ1n) is 2.76. The van der Waals surface area contributed by atoms with Gasteiger partial charge in [-0.2, -0.15) is 4.99 Å². The third-order valence-corrected chi connectivity index (χ3v) is 2.27. The SMILES string of the molecule is O=C=Nc1cc(I)cc(I)c1. The predicted molar refractivity (Wildman–Crippen MR) is 59.7 cm³/mol. The second-order valence-electron chi connectivity index (χ2n) is 1.83. The first-order chi connectivity index (χ1) is 5.22. The second kappa shape index (κ2) is 4.18. The number of rotatable bonds is 1. The highest BCUT2D eigenvalue weighted by Gasteiger charge is 1.94. The highest BCUT2D eigenvalue weighted by molar-refractivity contribution is 14.1. The molecule has 0 heterocycles. The van der Waals surface area contributed by atoms with Gasteiger partial charge in [-0.3, -0.25) is 0 Å². The minimum atomic E-state index is 0.663. The Labute approximate surface area is 91.4 Å². The minimum Gasteiger partial charge on any atom is -0.211 e. The number of isocyanates is 1. The van der Waals surface area contributed by atoms with Crippen molar-refractivity contribution >= 4 is 56.9 Å². The van der Waals surface area contributed by atoms with Gasteiger partial charge in [-0.1, -0.05) is 0 Å². The van der Waals surface area contributed by atoms with E-state index in [9.17, 15) is 4.79 Å². The van der Waals surface area contributed by atoms with Gasteiger partial charge < -0.3 is 0 Å². The van der Waals surface area contributed by atoms with Crippen molar-refractivity contribution in [3.8, 4) is 0 Å². The van der Waals surface area contributed by atoms with Gasteiger partial charge in [-0.15, -0.1) is 0 Å². The van der Waals surface area contributed by atoms with Gasteiger partial charge in [0.2, 0.25) is 6.08 Å². The Hall–Kier alpha value is 0.0600. The van der Waals surface area contributed by atoms with E-state index in [1.54, 1.807) is 0 Å². The summed E-state index contributed by atoms with van der Waals surface area (Å²) in [6.45, 7) is 0. The van der Waals surface area contributed by atoms with Gasteiger partial charge in [-0.05, 0) is 63.4 Å². The molecule has 1 aromatic carbocycles. The molecule has 1 aromatic rings. The number of aliphatic imine (C=N–C) groups is 1. The van der Waals surface area contributed by atoms with Crippen molar-refractivity contribution in [3.05, 3.63) is 25.3 Å². The maximum atomic E-state index is 9.90. The van der Waals surface area contributed by atoms with Crippen LogP contribution in [0.15, 0.2) is 23.2 Å². The largest absolute Gasteiger partial charge is 0.240 e. The molecule has 0 saturated carbocycles. The van der Waals surface area contributed by atoms with Crippen molar-refractivity contribution in [2.45, 2.75) is 0 Å². The van der Waals surface area contributed by atoms with Crippen LogP contribution in [0.1, 0.15) is 0 Å². The lowest BCUT2D eigenvalue weighted by molar-refractivity contribution is 0.565. The van der Waals surface area contributed by atoms with Crippen molar-refractivity contribution in [2.24, 2.45) is 4.99 Å². The molecule has 0 saturated heterocycles. The van der Waals surface area contributed by atoms with E-state index in [4.69, 9.17) is 0 Å². The molecule has 0 fully saturated rings. The van der Waals surface area contributed by atoms with E-state index >= 15 is 0 Å². The van der Waals surface area contributed by atoms with Crippen LogP contribution in [0.4, 0.5) is 5.69 Å². The molecule has 0 bridgehead atoms. The summed E-state index contributed by atoms with van der Waals surface area (Å²) < 4.78 is 2.15. The van der Waals surface area contributed by atoms with Crippen LogP contribution in [0.3, 0.4) is 0 Å². The highest BCUT2D eigenvalue weighted by Crippen LogP contribution is 2.19. The van der Waals surface area contributed by atoms with Crippen LogP contribution < -0.4 is 0 Å². The van der Waals surface area contributed by atoms with Gasteiger partial charge in [0.15, 0.2) is 0 Å². The topological polar surface area (TPSA) is 29.4 Å². The maximum absolute atomic E-state index is 9.90. The van der Waals surface area contributed by atoms with Crippen LogP contribution in [0, 0.1) is 7.14 Å². The Morgan fingerprint density at radius 2 is 1.73 bits per heavy atom. The third-order valence-electron chi connectivity index (χ3n) is 1.02. The molecule has 0 radical (unpaired) electrons. The third kappa shape index (κ3) is 2.88. The van der Waals surface area contributed by atoms with Gasteiger partial charge in [0.25, 0.3) is 0 Å². The summed E-state index contributed by atoms with van der Waals surface area (Å²) in [6.07, 6.45) is 1.51. The van der Waals surface area contributed by atoms with Gasteiger partial charge >= 0.3 is 0 Å². The van der Waals surface area contributed by atoms with Gasteiger partial charge in [0.1, 0.15) is 0 Å². The summed E-state index contributed by atoms with van der Waals surface area (Å²) in [6, 6.07) is 5.66. The van der Waals surface area contributed by atoms with Gasteiger partial charge in [-0.25, -0.2) is 4.79 Å². The fraction of sp³-hybridized carbons (Fsp3) is 0. The molecule has 0 aliphatic heterocycles. The zero-order valence-electron chi connectivity index (χ0n) is 5.34. The lowest BCUT2D eigenvalue weighted by Crippen LogP contribution is -1.74. The molecular formula is C7H3I2NO. The molecule has 0 amide bonds. The Morgan fingerprint density at radius 3 is 2.18 bits per heavy atom. The molecule has 1 rings (SSSR count). The Bertz CT molecular complexity index is 298. The van der Waals surface area contributed by atoms with E-state index in [0.717, 1.165) is 7.14 Å². The van der Waals surface area contributed by atoms with Crippen LogP contribution in [-0.4, -0.2) is 6.08 Å². The number of nitrogens with zero attached hydrogens (tertiary/aromatic N) is 1. The van der Waals surface area contributed by atoms with Crippen molar-refractivity contribution < 1.29 is 4.79 Å². The summed E-state index contributed by atoms with van der Waals surface area (Å²) in [4.78, 5) is 13.4. The molecule has 0 aliphatic carbocycles. The molecule has 56 valence electrons. The molecule has 0 aliphatic rings. The minimum absolute atomic E-state index is 0.663. The molecule has 11 heavy (non-hydrogen) atoms. The van der Waals surface area contributed by atoms with Crippen molar-refractivity contribution in [3.63, 3.8) is 0 Å². The van der Waals surface area contributed by atoms with E-state index in [1.807, 2.05) is 18.2 Å². The summed E-state index contributed by atoms with van der Waals surface area (Å²) in [5.74, 6) is 0. The first kappa shape index (κ1) is 9.15. The van der Waals surface area contributed by atoms with Crippen LogP contribution in [0.2, 0.25) is 0 Å². The van der Waals surface area contributed by atoms with E-state index in [-0.39, 0.29) is 0 Å². The number of carbonyl (C=O) groups excluding carboxylic acids is 1. The maximum Gasteiger partial charge on any atom is 0.240 e. The number of hydrogen-bond donors (Lipinski definition) is 0. The average molecular weight is 371 g/mol. The number of benzene rings is 1. The van der Waals surface area contributed by atoms with Crippen molar-refractivity contribution in [1.82, 2.24) is 0 Å².